The number of nitro groups is 1. The molecule has 3 rings (SSSR count). The lowest BCUT2D eigenvalue weighted by molar-refractivity contribution is -0.384. The zero-order valence-corrected chi connectivity index (χ0v) is 19.6. The molecular weight excluding hydrogens is 440 g/mol. The maximum Gasteiger partial charge on any atom is 0.295 e. The van der Waals surface area contributed by atoms with Crippen molar-refractivity contribution in [1.29, 1.82) is 0 Å². The predicted octanol–water partition coefficient (Wildman–Crippen LogP) is 4.01. The van der Waals surface area contributed by atoms with E-state index in [2.05, 4.69) is 0 Å². The van der Waals surface area contributed by atoms with Crippen LogP contribution < -0.4 is 4.74 Å². The maximum absolute atomic E-state index is 13.0. The molecule has 9 heteroatoms. The smallest absolute Gasteiger partial charge is 0.295 e. The molecule has 2 aromatic rings. The number of aliphatic hydroxyl groups excluding tert-OH is 1. The summed E-state index contributed by atoms with van der Waals surface area (Å²) in [7, 11) is 1.46. The number of methoxy groups -OCH3 is 1. The molecule has 34 heavy (non-hydrogen) atoms. The minimum Gasteiger partial charge on any atom is -0.507 e. The minimum absolute atomic E-state index is 0.0756. The number of carbonyl (C=O) groups excluding carboxylic acids is 2. The lowest BCUT2D eigenvalue weighted by Gasteiger charge is -2.25. The van der Waals surface area contributed by atoms with Crippen LogP contribution >= 0.6 is 0 Å². The zero-order chi connectivity index (χ0) is 25.0. The van der Waals surface area contributed by atoms with Crippen molar-refractivity contribution in [2.45, 2.75) is 26.8 Å². The summed E-state index contributed by atoms with van der Waals surface area (Å²) in [4.78, 5) is 38.0. The van der Waals surface area contributed by atoms with Gasteiger partial charge in [-0.3, -0.25) is 19.7 Å². The molecule has 1 fully saturated rings. The molecular formula is C25H28N2O7. The first-order valence-electron chi connectivity index (χ1n) is 10.9. The number of benzene rings is 2. The highest BCUT2D eigenvalue weighted by molar-refractivity contribution is 6.46. The fraction of sp³-hybridized carbons (Fsp3) is 0.360. The first kappa shape index (κ1) is 24.9. The standard InChI is InChI=1S/C25H28N2O7/c1-15(2)14-34-19-8-9-20(16(3)12-19)23(28)21-22(17-6-5-7-18(13-17)27(31)32)26(10-11-33-4)25(30)24(21)29/h5-9,12-13,15,22,28H,10-11,14H2,1-4H3. The normalized spacial score (nSPS) is 17.4. The second-order valence-electron chi connectivity index (χ2n) is 8.52. The molecule has 1 atom stereocenters. The molecule has 180 valence electrons. The number of nitro benzene ring substituents is 1. The van der Waals surface area contributed by atoms with Crippen molar-refractivity contribution in [2.75, 3.05) is 26.9 Å². The molecule has 0 bridgehead atoms. The lowest BCUT2D eigenvalue weighted by atomic mass is 9.93. The number of hydrogen-bond donors (Lipinski definition) is 1. The predicted molar refractivity (Wildman–Crippen MR) is 125 cm³/mol. The van der Waals surface area contributed by atoms with E-state index in [4.69, 9.17) is 9.47 Å². The third kappa shape index (κ3) is 5.09. The van der Waals surface area contributed by atoms with E-state index in [1.807, 2.05) is 13.8 Å². The molecule has 0 saturated carbocycles. The molecule has 9 nitrogen and oxygen atoms in total. The van der Waals surface area contributed by atoms with Gasteiger partial charge in [0, 0.05) is 31.4 Å². The number of nitrogens with zero attached hydrogens (tertiary/aromatic N) is 2. The number of Topliss-reactive ketones (excluding diaryl/α,β-unsaturated/α-hetero) is 1. The van der Waals surface area contributed by atoms with Crippen LogP contribution in [0.2, 0.25) is 0 Å². The van der Waals surface area contributed by atoms with E-state index in [9.17, 15) is 24.8 Å². The highest BCUT2D eigenvalue weighted by Gasteiger charge is 2.46. The van der Waals surface area contributed by atoms with Gasteiger partial charge < -0.3 is 19.5 Å². The minimum atomic E-state index is -0.994. The van der Waals surface area contributed by atoms with Gasteiger partial charge in [0.1, 0.15) is 11.5 Å². The van der Waals surface area contributed by atoms with Crippen molar-refractivity contribution >= 4 is 23.1 Å². The van der Waals surface area contributed by atoms with Gasteiger partial charge in [0.15, 0.2) is 0 Å². The summed E-state index contributed by atoms with van der Waals surface area (Å²) in [5.41, 5.74) is 1.07. The van der Waals surface area contributed by atoms with Gasteiger partial charge in [-0.15, -0.1) is 0 Å². The number of likely N-dealkylation sites (tertiary alicyclic amines) is 1. The van der Waals surface area contributed by atoms with Gasteiger partial charge in [0.05, 0.1) is 29.8 Å². The van der Waals surface area contributed by atoms with Crippen LogP contribution in [-0.2, 0) is 14.3 Å². The van der Waals surface area contributed by atoms with Gasteiger partial charge in [-0.1, -0.05) is 26.0 Å². The average Bonchev–Trinajstić information content (AvgIpc) is 3.06. The second-order valence-corrected chi connectivity index (χ2v) is 8.52. The Hall–Kier alpha value is -3.72. The molecule has 1 heterocycles. The number of non-ortho nitro benzene ring substituents is 1. The van der Waals surface area contributed by atoms with Gasteiger partial charge >= 0.3 is 0 Å². The number of rotatable bonds is 9. The van der Waals surface area contributed by atoms with Gasteiger partial charge in [0.25, 0.3) is 17.4 Å². The van der Waals surface area contributed by atoms with Gasteiger partial charge in [-0.25, -0.2) is 0 Å². The summed E-state index contributed by atoms with van der Waals surface area (Å²) >= 11 is 0. The summed E-state index contributed by atoms with van der Waals surface area (Å²) in [5, 5.41) is 22.5. The van der Waals surface area contributed by atoms with Crippen molar-refractivity contribution in [1.82, 2.24) is 4.90 Å². The largest absolute Gasteiger partial charge is 0.507 e. The summed E-state index contributed by atoms with van der Waals surface area (Å²) in [6.07, 6.45) is 0. The third-order valence-corrected chi connectivity index (χ3v) is 5.51. The van der Waals surface area contributed by atoms with E-state index in [0.29, 0.717) is 35.0 Å². The Balaban J connectivity index is 2.12. The highest BCUT2D eigenvalue weighted by Crippen LogP contribution is 2.40. The van der Waals surface area contributed by atoms with E-state index in [1.54, 1.807) is 31.2 Å². The Kier molecular flexibility index (Phi) is 7.68. The Morgan fingerprint density at radius 3 is 2.56 bits per heavy atom. The number of carbonyl (C=O) groups is 2. The SMILES string of the molecule is COCCN1C(=O)C(=O)C(=C(O)c2ccc(OCC(C)C)cc2C)C1c1cccc([N+](=O)[O-])c1. The molecule has 1 aliphatic heterocycles. The van der Waals surface area contributed by atoms with Crippen LogP contribution in [-0.4, -0.2) is 53.5 Å². The Labute approximate surface area is 197 Å². The van der Waals surface area contributed by atoms with Gasteiger partial charge in [-0.2, -0.15) is 0 Å². The Bertz CT molecular complexity index is 1140. The molecule has 1 aliphatic rings. The monoisotopic (exact) mass is 468 g/mol. The molecule has 1 saturated heterocycles. The highest BCUT2D eigenvalue weighted by atomic mass is 16.6. The summed E-state index contributed by atoms with van der Waals surface area (Å²) in [5.74, 6) is -1.04. The number of hydrogen-bond acceptors (Lipinski definition) is 7. The fourth-order valence-electron chi connectivity index (χ4n) is 3.85. The van der Waals surface area contributed by atoms with E-state index in [-0.39, 0.29) is 30.2 Å². The maximum atomic E-state index is 13.0. The lowest BCUT2D eigenvalue weighted by Crippen LogP contribution is -2.32. The molecule has 2 aromatic carbocycles. The number of aliphatic hydroxyl groups is 1. The fourth-order valence-corrected chi connectivity index (χ4v) is 3.85. The van der Waals surface area contributed by atoms with Crippen LogP contribution in [0.1, 0.15) is 36.6 Å². The van der Waals surface area contributed by atoms with Crippen LogP contribution in [0.3, 0.4) is 0 Å². The molecule has 0 aromatic heterocycles. The van der Waals surface area contributed by atoms with E-state index < -0.39 is 22.7 Å². The second kappa shape index (κ2) is 10.5. The zero-order valence-electron chi connectivity index (χ0n) is 19.6. The third-order valence-electron chi connectivity index (χ3n) is 5.51. The Morgan fingerprint density at radius 2 is 1.94 bits per heavy atom. The van der Waals surface area contributed by atoms with Crippen LogP contribution in [0.5, 0.6) is 5.75 Å². The van der Waals surface area contributed by atoms with Crippen LogP contribution in [0.15, 0.2) is 48.0 Å². The van der Waals surface area contributed by atoms with E-state index >= 15 is 0 Å². The molecule has 0 aliphatic carbocycles. The molecule has 0 radical (unpaired) electrons. The van der Waals surface area contributed by atoms with Crippen LogP contribution in [0.25, 0.3) is 5.76 Å². The van der Waals surface area contributed by atoms with Gasteiger partial charge in [0.2, 0.25) is 0 Å². The summed E-state index contributed by atoms with van der Waals surface area (Å²) < 4.78 is 10.8. The van der Waals surface area contributed by atoms with Crippen molar-refractivity contribution in [3.05, 3.63) is 74.8 Å². The van der Waals surface area contributed by atoms with E-state index in [0.717, 1.165) is 0 Å². The number of ketones is 1. The topological polar surface area (TPSA) is 119 Å². The number of aryl methyl sites for hydroxylation is 1. The summed E-state index contributed by atoms with van der Waals surface area (Å²) in [6, 6.07) is 9.78. The van der Waals surface area contributed by atoms with Gasteiger partial charge in [-0.05, 0) is 42.2 Å². The van der Waals surface area contributed by atoms with Crippen molar-refractivity contribution < 1.29 is 29.1 Å². The van der Waals surface area contributed by atoms with E-state index in [1.165, 1.54) is 30.2 Å². The van der Waals surface area contributed by atoms with Crippen molar-refractivity contribution in [2.24, 2.45) is 5.92 Å². The molecule has 1 N–H and O–H groups in total. The van der Waals surface area contributed by atoms with Crippen LogP contribution in [0, 0.1) is 23.0 Å². The summed E-state index contributed by atoms with van der Waals surface area (Å²) in [6.45, 7) is 6.58. The molecule has 1 amide bonds. The first-order valence-corrected chi connectivity index (χ1v) is 10.9. The van der Waals surface area contributed by atoms with Crippen molar-refractivity contribution in [3.8, 4) is 5.75 Å². The first-order chi connectivity index (χ1) is 16.1. The van der Waals surface area contributed by atoms with Crippen molar-refractivity contribution in [3.63, 3.8) is 0 Å². The van der Waals surface area contributed by atoms with Crippen LogP contribution in [0.4, 0.5) is 5.69 Å². The average molecular weight is 469 g/mol. The number of ether oxygens (including phenoxy) is 2. The quantitative estimate of drug-likeness (QED) is 0.194. The molecule has 0 spiro atoms. The molecule has 1 unspecified atom stereocenters. The Morgan fingerprint density at radius 1 is 1.21 bits per heavy atom. The number of amides is 1.